The van der Waals surface area contributed by atoms with Gasteiger partial charge in [0.2, 0.25) is 0 Å². The van der Waals surface area contributed by atoms with Crippen molar-refractivity contribution in [3.8, 4) is 22.3 Å². The summed E-state index contributed by atoms with van der Waals surface area (Å²) in [5.74, 6) is -0.949. The quantitative estimate of drug-likeness (QED) is 0.101. The van der Waals surface area contributed by atoms with E-state index in [-0.39, 0.29) is 34.3 Å². The van der Waals surface area contributed by atoms with E-state index in [2.05, 4.69) is 107 Å². The van der Waals surface area contributed by atoms with E-state index in [0.29, 0.717) is 22.3 Å². The van der Waals surface area contributed by atoms with Crippen LogP contribution in [0.3, 0.4) is 0 Å². The van der Waals surface area contributed by atoms with Gasteiger partial charge in [-0.3, -0.25) is 19.2 Å². The molecule has 11 rings (SSSR count). The normalized spacial score (nSPS) is 12.8. The molecule has 0 N–H and O–H groups in total. The molecule has 0 aliphatic heterocycles. The van der Waals surface area contributed by atoms with Crippen molar-refractivity contribution >= 4 is 69.4 Å². The third-order valence-electron chi connectivity index (χ3n) is 12.6. The van der Waals surface area contributed by atoms with Gasteiger partial charge in [0.1, 0.15) is 0 Å². The first-order chi connectivity index (χ1) is 33.4. The Morgan fingerprint density at radius 3 is 0.735 bits per heavy atom. The Labute approximate surface area is 394 Å². The summed E-state index contributed by atoms with van der Waals surface area (Å²) in [6.45, 7) is 0. The molecule has 6 nitrogen and oxygen atoms in total. The highest BCUT2D eigenvalue weighted by molar-refractivity contribution is 6.42. The molecule has 2 aliphatic rings. The first kappa shape index (κ1) is 41.4. The number of allylic oxidation sites excluding steroid dienone is 2. The zero-order chi connectivity index (χ0) is 46.1. The van der Waals surface area contributed by atoms with Crippen LogP contribution in [0.15, 0.2) is 242 Å². The monoisotopic (exact) mass is 876 g/mol. The SMILES string of the molecule is O=C1C(=Cc2ccc(N(c3ccccc3)c3ccc(-c4ccc(-c5ccc(N(c6ccccc6)c6ccc(C=C7C(=O)c8ccccc8C7=O)cc6)cc5)cc4)cc3)cc2)C(=O)c2ccccc21. The van der Waals surface area contributed by atoms with Crippen LogP contribution in [-0.2, 0) is 0 Å². The van der Waals surface area contributed by atoms with Gasteiger partial charge in [-0.1, -0.05) is 158 Å². The van der Waals surface area contributed by atoms with Gasteiger partial charge in [-0.25, -0.2) is 0 Å². The van der Waals surface area contributed by atoms with Crippen LogP contribution in [0.1, 0.15) is 52.6 Å². The predicted molar refractivity (Wildman–Crippen MR) is 273 cm³/mol. The molecule has 0 amide bonds. The second-order valence-electron chi connectivity index (χ2n) is 16.7. The van der Waals surface area contributed by atoms with Gasteiger partial charge >= 0.3 is 0 Å². The van der Waals surface area contributed by atoms with Crippen molar-refractivity contribution in [3.05, 3.63) is 275 Å². The molecule has 0 bridgehead atoms. The van der Waals surface area contributed by atoms with E-state index < -0.39 is 0 Å². The van der Waals surface area contributed by atoms with Crippen LogP contribution in [0.2, 0.25) is 0 Å². The van der Waals surface area contributed by atoms with Crippen molar-refractivity contribution in [3.63, 3.8) is 0 Å². The Balaban J connectivity index is 0.809. The van der Waals surface area contributed by atoms with Crippen molar-refractivity contribution in [1.29, 1.82) is 0 Å². The number of carbonyl (C=O) groups is 4. The molecule has 0 saturated heterocycles. The molecule has 0 spiro atoms. The fraction of sp³-hybridized carbons (Fsp3) is 0. The molecule has 2 aliphatic carbocycles. The molecule has 68 heavy (non-hydrogen) atoms. The van der Waals surface area contributed by atoms with E-state index in [1.54, 1.807) is 60.7 Å². The summed E-state index contributed by atoms with van der Waals surface area (Å²) in [5, 5.41) is 0. The number of ketones is 4. The maximum absolute atomic E-state index is 13.0. The van der Waals surface area contributed by atoms with Crippen LogP contribution in [0.5, 0.6) is 0 Å². The molecular weight excluding hydrogens is 837 g/mol. The minimum atomic E-state index is -0.237. The van der Waals surface area contributed by atoms with Gasteiger partial charge in [-0.2, -0.15) is 0 Å². The summed E-state index contributed by atoms with van der Waals surface area (Å²) in [5.41, 5.74) is 14.0. The smallest absolute Gasteiger partial charge is 0.197 e. The fourth-order valence-electron chi connectivity index (χ4n) is 9.09. The summed E-state index contributed by atoms with van der Waals surface area (Å²) >= 11 is 0. The molecule has 0 aromatic heterocycles. The van der Waals surface area contributed by atoms with Crippen LogP contribution < -0.4 is 9.80 Å². The molecule has 0 heterocycles. The van der Waals surface area contributed by atoms with E-state index in [4.69, 9.17) is 0 Å². The Kier molecular flexibility index (Phi) is 10.7. The second-order valence-corrected chi connectivity index (χ2v) is 16.7. The van der Waals surface area contributed by atoms with Crippen LogP contribution >= 0.6 is 0 Å². The highest BCUT2D eigenvalue weighted by Gasteiger charge is 2.33. The standard InChI is InChI=1S/C62H40N2O4/c65-59-53-15-7-8-16-54(53)60(66)57(59)39-41-19-31-49(32-20-41)63(47-11-3-1-4-12-47)51-35-27-45(28-36-51)43-23-25-44(26-24-43)46-29-37-52(38-30-46)64(48-13-5-2-6-14-48)50-33-21-42(22-34-50)40-58-61(67)55-17-9-10-18-56(55)62(58)68/h1-40H. The largest absolute Gasteiger partial charge is 0.311 e. The van der Waals surface area contributed by atoms with Gasteiger partial charge < -0.3 is 9.80 Å². The Bertz CT molecular complexity index is 3160. The fourth-order valence-corrected chi connectivity index (χ4v) is 9.09. The topological polar surface area (TPSA) is 74.8 Å². The highest BCUT2D eigenvalue weighted by atomic mass is 16.2. The first-order valence-electron chi connectivity index (χ1n) is 22.4. The van der Waals surface area contributed by atoms with E-state index in [1.807, 2.05) is 84.9 Å². The highest BCUT2D eigenvalue weighted by Crippen LogP contribution is 2.39. The van der Waals surface area contributed by atoms with Crippen molar-refractivity contribution in [2.75, 3.05) is 9.80 Å². The molecule has 0 fully saturated rings. The van der Waals surface area contributed by atoms with Crippen LogP contribution in [0.25, 0.3) is 34.4 Å². The van der Waals surface area contributed by atoms with Crippen LogP contribution in [-0.4, -0.2) is 23.1 Å². The van der Waals surface area contributed by atoms with E-state index in [0.717, 1.165) is 67.5 Å². The zero-order valence-electron chi connectivity index (χ0n) is 36.6. The van der Waals surface area contributed by atoms with E-state index in [1.165, 1.54) is 0 Å². The molecule has 9 aromatic carbocycles. The lowest BCUT2D eigenvalue weighted by atomic mass is 9.99. The summed E-state index contributed by atoms with van der Waals surface area (Å²) in [6.07, 6.45) is 3.37. The summed E-state index contributed by atoms with van der Waals surface area (Å²) in [6, 6.07) is 75.7. The number of fused-ring (bicyclic) bond motifs is 2. The maximum atomic E-state index is 13.0. The van der Waals surface area contributed by atoms with Gasteiger partial charge in [0.25, 0.3) is 0 Å². The molecular formula is C62H40N2O4. The maximum Gasteiger partial charge on any atom is 0.197 e. The number of rotatable bonds is 10. The molecule has 6 heteroatoms. The molecule has 0 unspecified atom stereocenters. The lowest BCUT2D eigenvalue weighted by Gasteiger charge is -2.26. The van der Waals surface area contributed by atoms with Gasteiger partial charge in [-0.05, 0) is 118 Å². The van der Waals surface area contributed by atoms with Crippen molar-refractivity contribution in [2.24, 2.45) is 0 Å². The molecule has 0 atom stereocenters. The number of anilines is 6. The van der Waals surface area contributed by atoms with Gasteiger partial charge in [0, 0.05) is 56.4 Å². The second kappa shape index (κ2) is 17.6. The average Bonchev–Trinajstić information content (AvgIpc) is 3.78. The molecule has 9 aromatic rings. The number of carbonyl (C=O) groups excluding carboxylic acids is 4. The predicted octanol–water partition coefficient (Wildman–Crippen LogP) is 14.9. The number of nitrogens with zero attached hydrogens (tertiary/aromatic N) is 2. The third kappa shape index (κ3) is 7.76. The van der Waals surface area contributed by atoms with Gasteiger partial charge in [-0.15, -0.1) is 0 Å². The first-order valence-corrected chi connectivity index (χ1v) is 22.4. The molecule has 0 radical (unpaired) electrons. The Hall–Kier alpha value is -9.26. The number of Topliss-reactive ketones (excluding diaryl/α,β-unsaturated/α-hetero) is 4. The third-order valence-corrected chi connectivity index (χ3v) is 12.6. The van der Waals surface area contributed by atoms with Crippen molar-refractivity contribution in [2.45, 2.75) is 0 Å². The minimum Gasteiger partial charge on any atom is -0.311 e. The summed E-state index contributed by atoms with van der Waals surface area (Å²) in [7, 11) is 0. The summed E-state index contributed by atoms with van der Waals surface area (Å²) in [4.78, 5) is 56.5. The van der Waals surface area contributed by atoms with Crippen molar-refractivity contribution in [1.82, 2.24) is 0 Å². The number of hydrogen-bond donors (Lipinski definition) is 0. The number of para-hydroxylation sites is 2. The van der Waals surface area contributed by atoms with E-state index >= 15 is 0 Å². The summed E-state index contributed by atoms with van der Waals surface area (Å²) < 4.78 is 0. The Morgan fingerprint density at radius 1 is 0.235 bits per heavy atom. The Morgan fingerprint density at radius 2 is 0.456 bits per heavy atom. The van der Waals surface area contributed by atoms with Crippen molar-refractivity contribution < 1.29 is 19.2 Å². The van der Waals surface area contributed by atoms with E-state index in [9.17, 15) is 19.2 Å². The number of benzene rings is 9. The number of hydrogen-bond acceptors (Lipinski definition) is 6. The van der Waals surface area contributed by atoms with Gasteiger partial charge in [0.15, 0.2) is 23.1 Å². The zero-order valence-corrected chi connectivity index (χ0v) is 36.6. The lowest BCUT2D eigenvalue weighted by Crippen LogP contribution is -2.09. The van der Waals surface area contributed by atoms with Crippen LogP contribution in [0.4, 0.5) is 34.1 Å². The minimum absolute atomic E-state index is 0.188. The van der Waals surface area contributed by atoms with Crippen LogP contribution in [0, 0.1) is 0 Å². The van der Waals surface area contributed by atoms with Gasteiger partial charge in [0.05, 0.1) is 11.1 Å². The lowest BCUT2D eigenvalue weighted by molar-refractivity contribution is 0.0975. The molecule has 322 valence electrons. The molecule has 0 saturated carbocycles. The average molecular weight is 877 g/mol.